The molecule has 0 aliphatic carbocycles. The first kappa shape index (κ1) is 42.0. The Kier molecular flexibility index (Phi) is 14.1. The van der Waals surface area contributed by atoms with Gasteiger partial charge in [0.15, 0.2) is 30.1 Å². The van der Waals surface area contributed by atoms with E-state index in [0.717, 1.165) is 0 Å². The summed E-state index contributed by atoms with van der Waals surface area (Å²) in [5.74, 6) is -4.39. The first-order chi connectivity index (χ1) is 23.8. The number of Topliss-reactive ketones (excluding diaryl/α,β-unsaturated/α-hetero) is 1. The van der Waals surface area contributed by atoms with Crippen LogP contribution in [0.25, 0.3) is 0 Å². The van der Waals surface area contributed by atoms with Gasteiger partial charge in [0, 0.05) is 38.2 Å². The second-order valence-electron chi connectivity index (χ2n) is 15.9. The van der Waals surface area contributed by atoms with Gasteiger partial charge in [0.1, 0.15) is 12.2 Å². The quantitative estimate of drug-likeness (QED) is 0.289. The molecule has 14 heteroatoms. The van der Waals surface area contributed by atoms with Crippen LogP contribution in [-0.2, 0) is 52.3 Å². The van der Waals surface area contributed by atoms with Crippen molar-refractivity contribution < 1.29 is 62.5 Å². The van der Waals surface area contributed by atoms with Crippen molar-refractivity contribution in [2.45, 2.75) is 161 Å². The van der Waals surface area contributed by atoms with E-state index < -0.39 is 103 Å². The molecule has 294 valence electrons. The van der Waals surface area contributed by atoms with Gasteiger partial charge in [-0.25, -0.2) is 0 Å². The average molecular weight is 730 g/mol. The van der Waals surface area contributed by atoms with E-state index in [-0.39, 0.29) is 43.3 Å². The van der Waals surface area contributed by atoms with Crippen LogP contribution in [0.15, 0.2) is 0 Å². The van der Waals surface area contributed by atoms with Gasteiger partial charge in [-0.2, -0.15) is 0 Å². The number of hydrogen-bond acceptors (Lipinski definition) is 14. The van der Waals surface area contributed by atoms with Gasteiger partial charge in [-0.1, -0.05) is 27.7 Å². The van der Waals surface area contributed by atoms with Crippen molar-refractivity contribution in [3.05, 3.63) is 0 Å². The molecule has 0 aromatic heterocycles. The second kappa shape index (κ2) is 17.2. The number of ketones is 1. The molecule has 51 heavy (non-hydrogen) atoms. The number of nitrogens with zero attached hydrogens (tertiary/aromatic N) is 1. The minimum Gasteiger partial charge on any atom is -0.462 e. The highest BCUT2D eigenvalue weighted by atomic mass is 16.7. The van der Waals surface area contributed by atoms with E-state index in [2.05, 4.69) is 0 Å². The van der Waals surface area contributed by atoms with Crippen LogP contribution in [0.3, 0.4) is 0 Å². The Labute approximate surface area is 303 Å². The molecule has 4 fully saturated rings. The zero-order valence-corrected chi connectivity index (χ0v) is 32.5. The van der Waals surface area contributed by atoms with Crippen molar-refractivity contribution in [3.63, 3.8) is 0 Å². The number of hydrogen-bond donors (Lipinski definition) is 2. The Balaban J connectivity index is 1.79. The number of epoxide rings is 1. The summed E-state index contributed by atoms with van der Waals surface area (Å²) in [4.78, 5) is 42.3. The van der Waals surface area contributed by atoms with Crippen LogP contribution in [0.4, 0.5) is 0 Å². The van der Waals surface area contributed by atoms with Crippen LogP contribution >= 0.6 is 0 Å². The van der Waals surface area contributed by atoms with E-state index in [4.69, 9.17) is 37.9 Å². The van der Waals surface area contributed by atoms with E-state index in [0.29, 0.717) is 6.42 Å². The summed E-state index contributed by atoms with van der Waals surface area (Å²) in [6.07, 6.45) is -7.24. The molecule has 1 spiro atoms. The van der Waals surface area contributed by atoms with Crippen molar-refractivity contribution in [1.29, 1.82) is 0 Å². The molecular weight excluding hydrogens is 666 g/mol. The molecule has 0 unspecified atom stereocenters. The van der Waals surface area contributed by atoms with E-state index >= 15 is 0 Å². The number of cyclic esters (lactones) is 1. The van der Waals surface area contributed by atoms with E-state index in [9.17, 15) is 24.6 Å². The summed E-state index contributed by atoms with van der Waals surface area (Å²) in [5.41, 5.74) is -1.13. The van der Waals surface area contributed by atoms with Crippen LogP contribution < -0.4 is 0 Å². The molecule has 4 aliphatic rings. The molecule has 4 rings (SSSR count). The van der Waals surface area contributed by atoms with E-state index in [1.54, 1.807) is 34.6 Å². The number of rotatable bonds is 7. The highest BCUT2D eigenvalue weighted by Crippen LogP contribution is 2.43. The number of carbonyl (C=O) groups is 3. The Morgan fingerprint density at radius 3 is 2.06 bits per heavy atom. The highest BCUT2D eigenvalue weighted by Gasteiger charge is 2.57. The Morgan fingerprint density at radius 1 is 0.843 bits per heavy atom. The minimum atomic E-state index is -1.13. The summed E-state index contributed by atoms with van der Waals surface area (Å²) in [5, 5.41) is 22.0. The summed E-state index contributed by atoms with van der Waals surface area (Å²) in [6, 6.07) is -0.215. The maximum atomic E-state index is 14.0. The lowest BCUT2D eigenvalue weighted by atomic mass is 9.76. The fourth-order valence-electron chi connectivity index (χ4n) is 8.20. The largest absolute Gasteiger partial charge is 0.462 e. The topological polar surface area (TPSA) is 172 Å². The normalized spacial score (nSPS) is 47.5. The number of aliphatic hydroxyl groups is 2. The van der Waals surface area contributed by atoms with Crippen LogP contribution in [-0.4, -0.2) is 140 Å². The molecule has 0 aromatic rings. The van der Waals surface area contributed by atoms with Crippen molar-refractivity contribution in [1.82, 2.24) is 4.90 Å². The van der Waals surface area contributed by atoms with E-state index in [1.165, 1.54) is 14.0 Å². The van der Waals surface area contributed by atoms with Gasteiger partial charge in [0.05, 0.1) is 55.2 Å². The molecule has 0 aromatic carbocycles. The molecule has 4 aliphatic heterocycles. The number of ether oxygens (including phenoxy) is 8. The maximum absolute atomic E-state index is 14.0. The van der Waals surface area contributed by atoms with Gasteiger partial charge in [-0.15, -0.1) is 0 Å². The third kappa shape index (κ3) is 9.50. The van der Waals surface area contributed by atoms with Crippen molar-refractivity contribution >= 4 is 17.7 Å². The van der Waals surface area contributed by atoms with Crippen molar-refractivity contribution in [3.8, 4) is 0 Å². The molecule has 2 N–H and O–H groups in total. The van der Waals surface area contributed by atoms with Gasteiger partial charge < -0.3 is 53.0 Å². The summed E-state index contributed by atoms with van der Waals surface area (Å²) < 4.78 is 49.4. The number of carbonyl (C=O) groups excluding carboxylic acids is 3. The number of likely N-dealkylation sites (N-methyl/N-ethyl adjacent to an activating group) is 1. The van der Waals surface area contributed by atoms with Gasteiger partial charge in [-0.3, -0.25) is 14.4 Å². The fraction of sp³-hybridized carbons (Fsp3) is 0.919. The zero-order chi connectivity index (χ0) is 38.1. The zero-order valence-electron chi connectivity index (χ0n) is 32.5. The Hall–Kier alpha value is -1.75. The molecular formula is C37H63NO13. The van der Waals surface area contributed by atoms with E-state index in [1.807, 2.05) is 39.8 Å². The minimum absolute atomic E-state index is 0.202. The highest BCUT2D eigenvalue weighted by molar-refractivity contribution is 5.92. The first-order valence-electron chi connectivity index (χ1n) is 18.5. The van der Waals surface area contributed by atoms with Gasteiger partial charge in [0.25, 0.3) is 0 Å². The third-order valence-electron chi connectivity index (χ3n) is 11.7. The first-order valence-corrected chi connectivity index (χ1v) is 18.5. The fourth-order valence-corrected chi connectivity index (χ4v) is 8.20. The predicted octanol–water partition coefficient (Wildman–Crippen LogP) is 2.48. The standard InChI is InChI=1S/C37H63NO13/c1-17-15-37(16-45-37)34(42)20(4)29(40)19(3)23(7)48-35(43)22(6)32(50-28-14-27(44-12)30(41)24(8)47-28)21(5)31(17)51-36-33(49-25(9)39)26(38(10)11)13-18(2)46-36/h17-24,26-33,36,40-41H,13-16H2,1-12H3/t17-,18+,19-,20+,21+,22+,23+,24-,26-,27-,28-,29-,30+,31-,32-,33+,36-,37+/m0/s1. The van der Waals surface area contributed by atoms with Crippen molar-refractivity contribution in [2.24, 2.45) is 29.6 Å². The average Bonchev–Trinajstić information content (AvgIpc) is 3.85. The molecule has 18 atom stereocenters. The molecule has 0 bridgehead atoms. The second-order valence-corrected chi connectivity index (χ2v) is 15.9. The smallest absolute Gasteiger partial charge is 0.311 e. The monoisotopic (exact) mass is 729 g/mol. The lowest BCUT2D eigenvalue weighted by Gasteiger charge is -2.46. The summed E-state index contributed by atoms with van der Waals surface area (Å²) >= 11 is 0. The molecule has 14 nitrogen and oxygen atoms in total. The number of esters is 2. The Bertz CT molecular complexity index is 1200. The molecule has 0 amide bonds. The Morgan fingerprint density at radius 2 is 1.49 bits per heavy atom. The van der Waals surface area contributed by atoms with Crippen LogP contribution in [0.2, 0.25) is 0 Å². The number of aliphatic hydroxyl groups excluding tert-OH is 2. The summed E-state index contributed by atoms with van der Waals surface area (Å²) in [7, 11) is 5.33. The molecule has 4 heterocycles. The molecule has 0 radical (unpaired) electrons. The molecule has 0 saturated carbocycles. The lowest BCUT2D eigenvalue weighted by molar-refractivity contribution is -0.300. The summed E-state index contributed by atoms with van der Waals surface area (Å²) in [6.45, 7) is 15.9. The van der Waals surface area contributed by atoms with Gasteiger partial charge in [0.2, 0.25) is 0 Å². The van der Waals surface area contributed by atoms with Gasteiger partial charge >= 0.3 is 11.9 Å². The van der Waals surface area contributed by atoms with Gasteiger partial charge in [-0.05, 0) is 60.5 Å². The maximum Gasteiger partial charge on any atom is 0.311 e. The van der Waals surface area contributed by atoms with Crippen molar-refractivity contribution in [2.75, 3.05) is 27.8 Å². The molecule has 4 saturated heterocycles. The van der Waals surface area contributed by atoms with Crippen LogP contribution in [0.1, 0.15) is 81.6 Å². The SMILES string of the molecule is CO[C@H]1C[C@H](O[C@H]2[C@H](C)[C@@H](O[C@@H]3O[C@H](C)C[C@H](N(C)C)[C@H]3OC(C)=O)[C@@H](C)C[C@@]3(CO3)C(=O)[C@H](C)[C@@H](O)[C@@H](C)[C@@H](C)OC(=O)[C@@H]2C)O[C@@H](C)[C@H]1O. The number of methoxy groups -OCH3 is 1. The lowest BCUT2D eigenvalue weighted by Crippen LogP contribution is -2.58. The van der Waals surface area contributed by atoms with Crippen LogP contribution in [0, 0.1) is 29.6 Å². The predicted molar refractivity (Wildman–Crippen MR) is 183 cm³/mol. The van der Waals surface area contributed by atoms with Crippen LogP contribution in [0.5, 0.6) is 0 Å². The third-order valence-corrected chi connectivity index (χ3v) is 11.7.